The number of rotatable bonds is 4. The summed E-state index contributed by atoms with van der Waals surface area (Å²) < 4.78 is 0.316. The highest BCUT2D eigenvalue weighted by Crippen LogP contribution is 2.25. The van der Waals surface area contributed by atoms with E-state index < -0.39 is 10.8 Å². The van der Waals surface area contributed by atoms with Crippen LogP contribution in [0.15, 0.2) is 22.7 Å². The summed E-state index contributed by atoms with van der Waals surface area (Å²) in [6.07, 6.45) is 0.199. The van der Waals surface area contributed by atoms with E-state index in [9.17, 15) is 14.9 Å². The van der Waals surface area contributed by atoms with Gasteiger partial charge in [0.25, 0.3) is 11.6 Å². The zero-order valence-electron chi connectivity index (χ0n) is 8.64. The van der Waals surface area contributed by atoms with Crippen LogP contribution in [0.25, 0.3) is 0 Å². The standard InChI is InChI=1S/C10H8BrN3O3/c11-8-3-2-7(6-9(8)14(16)17)10(15)13-5-1-4-12/h2-3,6H,1,5H2,(H,13,15). The van der Waals surface area contributed by atoms with E-state index >= 15 is 0 Å². The molecule has 6 nitrogen and oxygen atoms in total. The number of hydrogen-bond acceptors (Lipinski definition) is 4. The maximum atomic E-state index is 11.5. The third kappa shape index (κ3) is 3.53. The van der Waals surface area contributed by atoms with Crippen LogP contribution in [0.5, 0.6) is 0 Å². The van der Waals surface area contributed by atoms with Crippen molar-refractivity contribution in [1.82, 2.24) is 5.32 Å². The molecule has 1 aromatic rings. The van der Waals surface area contributed by atoms with E-state index in [1.54, 1.807) is 0 Å². The number of nitro benzene ring substituents is 1. The molecule has 17 heavy (non-hydrogen) atoms. The molecular weight excluding hydrogens is 290 g/mol. The Morgan fingerprint density at radius 3 is 2.88 bits per heavy atom. The van der Waals surface area contributed by atoms with Crippen LogP contribution in [-0.2, 0) is 0 Å². The summed E-state index contributed by atoms with van der Waals surface area (Å²) in [7, 11) is 0. The molecule has 0 aliphatic carbocycles. The van der Waals surface area contributed by atoms with E-state index in [1.807, 2.05) is 6.07 Å². The molecular formula is C10H8BrN3O3. The summed E-state index contributed by atoms with van der Waals surface area (Å²) in [6.45, 7) is 0.221. The lowest BCUT2D eigenvalue weighted by molar-refractivity contribution is -0.385. The predicted octanol–water partition coefficient (Wildman–Crippen LogP) is 2.00. The molecule has 1 aromatic carbocycles. The summed E-state index contributed by atoms with van der Waals surface area (Å²) >= 11 is 3.03. The van der Waals surface area contributed by atoms with Crippen molar-refractivity contribution in [1.29, 1.82) is 5.26 Å². The molecule has 0 aliphatic heterocycles. The zero-order valence-corrected chi connectivity index (χ0v) is 10.2. The number of carbonyl (C=O) groups is 1. The number of benzene rings is 1. The highest BCUT2D eigenvalue weighted by Gasteiger charge is 2.15. The fourth-order valence-corrected chi connectivity index (χ4v) is 1.52. The number of hydrogen-bond donors (Lipinski definition) is 1. The molecule has 88 valence electrons. The van der Waals surface area contributed by atoms with Crippen LogP contribution in [-0.4, -0.2) is 17.4 Å². The largest absolute Gasteiger partial charge is 0.351 e. The minimum Gasteiger partial charge on any atom is -0.351 e. The lowest BCUT2D eigenvalue weighted by Crippen LogP contribution is -2.24. The first-order chi connectivity index (χ1) is 8.06. The molecule has 0 bridgehead atoms. The highest BCUT2D eigenvalue weighted by molar-refractivity contribution is 9.10. The molecule has 7 heteroatoms. The van der Waals surface area contributed by atoms with Gasteiger partial charge in [-0.3, -0.25) is 14.9 Å². The second kappa shape index (κ2) is 5.96. The number of halogens is 1. The van der Waals surface area contributed by atoms with Gasteiger partial charge in [0, 0.05) is 18.2 Å². The molecule has 0 heterocycles. The van der Waals surface area contributed by atoms with Crippen LogP contribution in [0.3, 0.4) is 0 Å². The predicted molar refractivity (Wildman–Crippen MR) is 63.4 cm³/mol. The molecule has 0 atom stereocenters. The summed E-state index contributed by atoms with van der Waals surface area (Å²) in [5, 5.41) is 21.5. The number of amides is 1. The van der Waals surface area contributed by atoms with Crippen molar-refractivity contribution in [3.05, 3.63) is 38.3 Å². The number of carbonyl (C=O) groups excluding carboxylic acids is 1. The van der Waals surface area contributed by atoms with E-state index in [1.165, 1.54) is 18.2 Å². The fourth-order valence-electron chi connectivity index (χ4n) is 1.13. The van der Waals surface area contributed by atoms with E-state index in [-0.39, 0.29) is 24.2 Å². The molecule has 0 fully saturated rings. The van der Waals surface area contributed by atoms with Crippen molar-refractivity contribution in [3.8, 4) is 6.07 Å². The van der Waals surface area contributed by atoms with E-state index in [0.29, 0.717) is 4.47 Å². The normalized spacial score (nSPS) is 9.41. The third-order valence-electron chi connectivity index (χ3n) is 1.93. The topological polar surface area (TPSA) is 96.0 Å². The van der Waals surface area contributed by atoms with Crippen molar-refractivity contribution in [2.75, 3.05) is 6.54 Å². The van der Waals surface area contributed by atoms with Gasteiger partial charge in [0.05, 0.1) is 21.9 Å². The number of nitrogens with one attached hydrogen (secondary N) is 1. The second-order valence-corrected chi connectivity index (χ2v) is 3.94. The number of nitriles is 1. The lowest BCUT2D eigenvalue weighted by Gasteiger charge is -2.03. The molecule has 0 radical (unpaired) electrons. The van der Waals surface area contributed by atoms with Crippen molar-refractivity contribution in [2.45, 2.75) is 6.42 Å². The molecule has 0 saturated heterocycles. The lowest BCUT2D eigenvalue weighted by atomic mass is 10.2. The average Bonchev–Trinajstić information content (AvgIpc) is 2.29. The van der Waals surface area contributed by atoms with Crippen LogP contribution in [0.4, 0.5) is 5.69 Å². The first-order valence-corrected chi connectivity index (χ1v) is 5.44. The first kappa shape index (κ1) is 13.1. The van der Waals surface area contributed by atoms with Gasteiger partial charge in [-0.15, -0.1) is 0 Å². The molecule has 0 spiro atoms. The van der Waals surface area contributed by atoms with E-state index in [2.05, 4.69) is 21.2 Å². The van der Waals surface area contributed by atoms with Crippen molar-refractivity contribution < 1.29 is 9.72 Å². The van der Waals surface area contributed by atoms with Gasteiger partial charge in [-0.2, -0.15) is 5.26 Å². The number of nitro groups is 1. The van der Waals surface area contributed by atoms with Crippen molar-refractivity contribution in [3.63, 3.8) is 0 Å². The van der Waals surface area contributed by atoms with Gasteiger partial charge in [0.15, 0.2) is 0 Å². The summed E-state index contributed by atoms with van der Waals surface area (Å²) in [5.74, 6) is -0.434. The minimum absolute atomic E-state index is 0.169. The van der Waals surface area contributed by atoms with Gasteiger partial charge >= 0.3 is 0 Å². The molecule has 1 N–H and O–H groups in total. The van der Waals surface area contributed by atoms with E-state index in [4.69, 9.17) is 5.26 Å². The molecule has 0 aliphatic rings. The SMILES string of the molecule is N#CCCNC(=O)c1ccc(Br)c([N+](=O)[O-])c1. The Morgan fingerprint density at radius 1 is 1.59 bits per heavy atom. The average molecular weight is 298 g/mol. The summed E-state index contributed by atoms with van der Waals surface area (Å²) in [6, 6.07) is 5.98. The Bertz CT molecular complexity index is 496. The molecule has 1 amide bonds. The van der Waals surface area contributed by atoms with Gasteiger partial charge < -0.3 is 5.32 Å². The van der Waals surface area contributed by atoms with Gasteiger partial charge in [-0.1, -0.05) is 0 Å². The van der Waals surface area contributed by atoms with Crippen molar-refractivity contribution >= 4 is 27.5 Å². The Morgan fingerprint density at radius 2 is 2.29 bits per heavy atom. The van der Waals surface area contributed by atoms with E-state index in [0.717, 1.165) is 0 Å². The number of nitrogens with zero attached hydrogens (tertiary/aromatic N) is 2. The second-order valence-electron chi connectivity index (χ2n) is 3.09. The molecule has 1 rings (SSSR count). The summed E-state index contributed by atoms with van der Waals surface area (Å²) in [4.78, 5) is 21.6. The fraction of sp³-hybridized carbons (Fsp3) is 0.200. The van der Waals surface area contributed by atoms with Gasteiger partial charge in [-0.25, -0.2) is 0 Å². The monoisotopic (exact) mass is 297 g/mol. The van der Waals surface area contributed by atoms with Crippen LogP contribution in [0.2, 0.25) is 0 Å². The zero-order chi connectivity index (χ0) is 12.8. The summed E-state index contributed by atoms with van der Waals surface area (Å²) in [5.41, 5.74) is 0.0239. The van der Waals surface area contributed by atoms with Gasteiger partial charge in [0.1, 0.15) is 0 Å². The maximum Gasteiger partial charge on any atom is 0.284 e. The third-order valence-corrected chi connectivity index (χ3v) is 2.60. The van der Waals surface area contributed by atoms with Crippen LogP contribution < -0.4 is 5.32 Å². The van der Waals surface area contributed by atoms with Gasteiger partial charge in [0.2, 0.25) is 0 Å². The molecule has 0 aromatic heterocycles. The highest BCUT2D eigenvalue weighted by atomic mass is 79.9. The van der Waals surface area contributed by atoms with Crippen LogP contribution >= 0.6 is 15.9 Å². The maximum absolute atomic E-state index is 11.5. The van der Waals surface area contributed by atoms with Crippen molar-refractivity contribution in [2.24, 2.45) is 0 Å². The smallest absolute Gasteiger partial charge is 0.284 e. The first-order valence-electron chi connectivity index (χ1n) is 4.65. The molecule has 0 unspecified atom stereocenters. The Balaban J connectivity index is 2.85. The van der Waals surface area contributed by atoms with Crippen LogP contribution in [0.1, 0.15) is 16.8 Å². The Labute approximate surface area is 106 Å². The van der Waals surface area contributed by atoms with Crippen LogP contribution in [0, 0.1) is 21.4 Å². The minimum atomic E-state index is -0.573. The molecule has 0 saturated carbocycles. The quantitative estimate of drug-likeness (QED) is 0.522. The Hall–Kier alpha value is -1.94. The Kier molecular flexibility index (Phi) is 4.60. The van der Waals surface area contributed by atoms with Gasteiger partial charge in [-0.05, 0) is 28.1 Å².